The Balaban J connectivity index is 3.15. The predicted octanol–water partition coefficient (Wildman–Crippen LogP) is 4.42. The van der Waals surface area contributed by atoms with Crippen LogP contribution in [0.3, 0.4) is 0 Å². The minimum atomic E-state index is -0.691. The number of thioether (sulfide) groups is 1. The Morgan fingerprint density at radius 1 is 0.900 bits per heavy atom. The van der Waals surface area contributed by atoms with E-state index in [4.69, 9.17) is 18.9 Å². The highest BCUT2D eigenvalue weighted by molar-refractivity contribution is 7.99. The van der Waals surface area contributed by atoms with E-state index < -0.39 is 11.5 Å². The summed E-state index contributed by atoms with van der Waals surface area (Å²) in [5.41, 5.74) is -0.691. The van der Waals surface area contributed by atoms with E-state index in [0.29, 0.717) is 26.4 Å². The van der Waals surface area contributed by atoms with Crippen LogP contribution >= 0.6 is 11.8 Å². The molecule has 1 rings (SSSR count). The number of ether oxygens (including phenoxy) is 4. The summed E-state index contributed by atoms with van der Waals surface area (Å²) in [5.74, 6) is -0.0854. The van der Waals surface area contributed by atoms with Gasteiger partial charge in [0.15, 0.2) is 0 Å². The number of aliphatic hydroxyl groups is 1. The quantitative estimate of drug-likeness (QED) is 0.200. The highest BCUT2D eigenvalue weighted by Gasteiger charge is 2.56. The summed E-state index contributed by atoms with van der Waals surface area (Å²) in [6, 6.07) is 0. The molecule has 6 nitrogen and oxygen atoms in total. The molecule has 0 spiro atoms. The first-order valence-corrected chi connectivity index (χ1v) is 12.8. The van der Waals surface area contributed by atoms with Crippen molar-refractivity contribution in [3.8, 4) is 0 Å². The van der Waals surface area contributed by atoms with Crippen LogP contribution in [0, 0.1) is 11.8 Å². The molecule has 6 unspecified atom stereocenters. The molecular weight excluding hydrogens is 404 g/mol. The van der Waals surface area contributed by atoms with E-state index in [9.17, 15) is 9.90 Å². The van der Waals surface area contributed by atoms with Gasteiger partial charge in [-0.25, -0.2) is 0 Å². The molecule has 7 heteroatoms. The van der Waals surface area contributed by atoms with Gasteiger partial charge in [0.05, 0.1) is 24.7 Å². The van der Waals surface area contributed by atoms with Gasteiger partial charge in [0, 0.05) is 32.7 Å². The van der Waals surface area contributed by atoms with E-state index in [0.717, 1.165) is 44.3 Å². The zero-order chi connectivity index (χ0) is 22.4. The summed E-state index contributed by atoms with van der Waals surface area (Å²) in [6.45, 7) is 12.1. The predicted molar refractivity (Wildman–Crippen MR) is 122 cm³/mol. The largest absolute Gasteiger partial charge is 0.462 e. The van der Waals surface area contributed by atoms with Crippen LogP contribution in [0.15, 0.2) is 0 Å². The van der Waals surface area contributed by atoms with Crippen molar-refractivity contribution in [1.82, 2.24) is 0 Å². The lowest BCUT2D eigenvalue weighted by molar-refractivity contribution is -0.154. The van der Waals surface area contributed by atoms with Gasteiger partial charge in [0.1, 0.15) is 11.5 Å². The molecule has 6 atom stereocenters. The number of esters is 1. The molecule has 0 bridgehead atoms. The number of aliphatic hydroxyl groups excluding tert-OH is 1. The third kappa shape index (κ3) is 9.03. The lowest BCUT2D eigenvalue weighted by Gasteiger charge is -2.29. The monoisotopic (exact) mass is 448 g/mol. The molecule has 1 aliphatic rings. The second kappa shape index (κ2) is 16.3. The van der Waals surface area contributed by atoms with Crippen molar-refractivity contribution >= 4 is 17.7 Å². The summed E-state index contributed by atoms with van der Waals surface area (Å²) in [4.78, 5) is 11.9. The molecule has 1 fully saturated rings. The van der Waals surface area contributed by atoms with Gasteiger partial charge in [-0.05, 0) is 25.0 Å². The fourth-order valence-corrected chi connectivity index (χ4v) is 4.77. The highest BCUT2D eigenvalue weighted by Crippen LogP contribution is 2.43. The highest BCUT2D eigenvalue weighted by atomic mass is 32.2. The normalized spacial score (nSPS) is 27.3. The lowest BCUT2D eigenvalue weighted by atomic mass is 10.0. The van der Waals surface area contributed by atoms with Crippen LogP contribution in [-0.2, 0) is 23.7 Å². The average molecular weight is 449 g/mol. The molecule has 0 aliphatic heterocycles. The number of carbonyl (C=O) groups is 1. The van der Waals surface area contributed by atoms with Gasteiger partial charge in [-0.15, -0.1) is 11.8 Å². The maximum atomic E-state index is 11.9. The zero-order valence-electron chi connectivity index (χ0n) is 19.6. The third-order valence-corrected chi connectivity index (χ3v) is 6.45. The first-order chi connectivity index (χ1) is 14.5. The fraction of sp³-hybridized carbons (Fsp3) is 0.957. The molecule has 178 valence electrons. The second-order valence-corrected chi connectivity index (χ2v) is 9.36. The van der Waals surface area contributed by atoms with Gasteiger partial charge in [-0.2, -0.15) is 0 Å². The molecule has 0 aromatic carbocycles. The molecule has 1 N–H and O–H groups in total. The van der Waals surface area contributed by atoms with E-state index in [1.54, 1.807) is 0 Å². The summed E-state index contributed by atoms with van der Waals surface area (Å²) >= 11 is 1.45. The smallest absolute Gasteiger partial charge is 0.302 e. The van der Waals surface area contributed by atoms with Crippen molar-refractivity contribution in [2.24, 2.45) is 11.8 Å². The topological polar surface area (TPSA) is 74.2 Å². The Bertz CT molecular complexity index is 449. The van der Waals surface area contributed by atoms with Crippen molar-refractivity contribution in [1.29, 1.82) is 0 Å². The maximum Gasteiger partial charge on any atom is 0.302 e. The van der Waals surface area contributed by atoms with Crippen LogP contribution < -0.4 is 0 Å². The standard InChI is InChI=1S/C23H44O6S/c1-6-10-13-26-16-18-20(29-17(5)24)19(23(25)30-9-4)22(28-15-12-8-3)21(18)27-14-11-7-2/h18-23,25H,6-16H2,1-5H3. The van der Waals surface area contributed by atoms with Gasteiger partial charge in [-0.3, -0.25) is 4.79 Å². The van der Waals surface area contributed by atoms with Crippen LogP contribution in [0.25, 0.3) is 0 Å². The molecule has 1 aliphatic carbocycles. The van der Waals surface area contributed by atoms with E-state index >= 15 is 0 Å². The first-order valence-electron chi connectivity index (χ1n) is 11.8. The van der Waals surface area contributed by atoms with E-state index in [1.807, 2.05) is 6.92 Å². The number of hydrogen-bond acceptors (Lipinski definition) is 7. The molecule has 0 amide bonds. The Kier molecular flexibility index (Phi) is 15.1. The van der Waals surface area contributed by atoms with Gasteiger partial charge >= 0.3 is 5.97 Å². The van der Waals surface area contributed by atoms with Crippen LogP contribution in [0.1, 0.15) is 73.1 Å². The van der Waals surface area contributed by atoms with E-state index in [2.05, 4.69) is 20.8 Å². The van der Waals surface area contributed by atoms with Gasteiger partial charge in [0.25, 0.3) is 0 Å². The number of hydrogen-bond donors (Lipinski definition) is 1. The Hall–Kier alpha value is -0.340. The van der Waals surface area contributed by atoms with E-state index in [-0.39, 0.29) is 30.0 Å². The van der Waals surface area contributed by atoms with Gasteiger partial charge in [-0.1, -0.05) is 47.0 Å². The first kappa shape index (κ1) is 27.7. The molecule has 1 saturated carbocycles. The van der Waals surface area contributed by atoms with Crippen molar-refractivity contribution in [2.75, 3.05) is 32.2 Å². The van der Waals surface area contributed by atoms with E-state index in [1.165, 1.54) is 18.7 Å². The van der Waals surface area contributed by atoms with Gasteiger partial charge in [0.2, 0.25) is 0 Å². The maximum absolute atomic E-state index is 11.9. The molecular formula is C23H44O6S. The Labute approximate surface area is 187 Å². The van der Waals surface area contributed by atoms with Crippen LogP contribution in [0.4, 0.5) is 0 Å². The summed E-state index contributed by atoms with van der Waals surface area (Å²) in [5, 5.41) is 11.0. The third-order valence-electron chi connectivity index (χ3n) is 5.46. The molecule has 0 aromatic rings. The number of carbonyl (C=O) groups excluding carboxylic acids is 1. The average Bonchev–Trinajstić information content (AvgIpc) is 2.98. The fourth-order valence-electron chi connectivity index (χ4n) is 3.89. The molecule has 0 radical (unpaired) electrons. The number of rotatable bonds is 17. The molecule has 0 saturated heterocycles. The molecule has 0 heterocycles. The Morgan fingerprint density at radius 3 is 2.00 bits per heavy atom. The Morgan fingerprint density at radius 2 is 1.47 bits per heavy atom. The SMILES string of the molecule is CCCCOCC1C(OCCCC)C(OCCCC)C(C(O)SCC)C1OC(C)=O. The minimum absolute atomic E-state index is 0.161. The molecule has 30 heavy (non-hydrogen) atoms. The van der Waals surface area contributed by atoms with Crippen molar-refractivity contribution in [2.45, 2.75) is 96.9 Å². The number of unbranched alkanes of at least 4 members (excludes halogenated alkanes) is 3. The summed E-state index contributed by atoms with van der Waals surface area (Å²) < 4.78 is 24.3. The summed E-state index contributed by atoms with van der Waals surface area (Å²) in [6.07, 6.45) is 4.93. The lowest BCUT2D eigenvalue weighted by Crippen LogP contribution is -2.39. The summed E-state index contributed by atoms with van der Waals surface area (Å²) in [7, 11) is 0. The van der Waals surface area contributed by atoms with Gasteiger partial charge < -0.3 is 24.1 Å². The van der Waals surface area contributed by atoms with Crippen molar-refractivity contribution < 1.29 is 28.8 Å². The van der Waals surface area contributed by atoms with Crippen LogP contribution in [0.5, 0.6) is 0 Å². The minimum Gasteiger partial charge on any atom is -0.462 e. The van der Waals surface area contributed by atoms with Crippen LogP contribution in [-0.4, -0.2) is 67.0 Å². The zero-order valence-corrected chi connectivity index (χ0v) is 20.5. The second-order valence-electron chi connectivity index (χ2n) is 7.97. The van der Waals surface area contributed by atoms with Crippen LogP contribution in [0.2, 0.25) is 0 Å². The van der Waals surface area contributed by atoms with Crippen molar-refractivity contribution in [3.63, 3.8) is 0 Å². The molecule has 0 aromatic heterocycles. The van der Waals surface area contributed by atoms with Crippen molar-refractivity contribution in [3.05, 3.63) is 0 Å².